The number of aryl methyl sites for hydroxylation is 1. The van der Waals surface area contributed by atoms with E-state index in [9.17, 15) is 18.0 Å². The van der Waals surface area contributed by atoms with Gasteiger partial charge in [0.1, 0.15) is 17.3 Å². The fourth-order valence-electron chi connectivity index (χ4n) is 2.87. The van der Waals surface area contributed by atoms with E-state index in [-0.39, 0.29) is 36.5 Å². The molecule has 5 nitrogen and oxygen atoms in total. The molecule has 2 heterocycles. The van der Waals surface area contributed by atoms with Crippen LogP contribution in [0.25, 0.3) is 0 Å². The average Bonchev–Trinajstić information content (AvgIpc) is 3.09. The zero-order chi connectivity index (χ0) is 18.7. The lowest BCUT2D eigenvalue weighted by Crippen LogP contribution is -2.33. The van der Waals surface area contributed by atoms with Gasteiger partial charge in [0.15, 0.2) is 6.61 Å². The van der Waals surface area contributed by atoms with Crippen LogP contribution >= 0.6 is 0 Å². The Morgan fingerprint density at radius 1 is 1.27 bits per heavy atom. The van der Waals surface area contributed by atoms with Crippen molar-refractivity contribution in [3.05, 3.63) is 53.6 Å². The van der Waals surface area contributed by atoms with Crippen molar-refractivity contribution in [3.8, 4) is 5.75 Å². The van der Waals surface area contributed by atoms with Crippen molar-refractivity contribution < 1.29 is 22.7 Å². The van der Waals surface area contributed by atoms with E-state index in [1.807, 2.05) is 6.07 Å². The summed E-state index contributed by atoms with van der Waals surface area (Å²) >= 11 is 0. The van der Waals surface area contributed by atoms with E-state index in [1.165, 1.54) is 6.92 Å². The standard InChI is InChI=1S/C18H18F3N3O2/c1-12-9-15(18(19,20)21)23-17(22-12)13-7-8-24(10-13)16(25)11-26-14-5-3-2-4-6-14/h2-6,9,13H,7-8,10-11H2,1H3. The molecule has 1 fully saturated rings. The lowest BCUT2D eigenvalue weighted by Gasteiger charge is -2.17. The van der Waals surface area contributed by atoms with Crippen LogP contribution in [0.3, 0.4) is 0 Å². The highest BCUT2D eigenvalue weighted by molar-refractivity contribution is 5.78. The maximum atomic E-state index is 12.9. The Labute approximate surface area is 148 Å². The Morgan fingerprint density at radius 3 is 2.69 bits per heavy atom. The number of hydrogen-bond donors (Lipinski definition) is 0. The number of para-hydroxylation sites is 1. The molecule has 1 aromatic carbocycles. The first-order chi connectivity index (χ1) is 12.3. The minimum atomic E-state index is -4.51. The van der Waals surface area contributed by atoms with Gasteiger partial charge in [-0.1, -0.05) is 18.2 Å². The predicted molar refractivity (Wildman–Crippen MR) is 87.6 cm³/mol. The van der Waals surface area contributed by atoms with Crippen LogP contribution in [0.2, 0.25) is 0 Å². The first-order valence-corrected chi connectivity index (χ1v) is 8.21. The Balaban J connectivity index is 1.63. The summed E-state index contributed by atoms with van der Waals surface area (Å²) in [6.45, 7) is 2.13. The minimum absolute atomic E-state index is 0.112. The maximum Gasteiger partial charge on any atom is 0.433 e. The van der Waals surface area contributed by atoms with Crippen LogP contribution in [0, 0.1) is 6.92 Å². The van der Waals surface area contributed by atoms with E-state index in [1.54, 1.807) is 29.2 Å². The number of benzene rings is 1. The quantitative estimate of drug-likeness (QED) is 0.835. The molecule has 1 amide bonds. The van der Waals surface area contributed by atoms with Crippen LogP contribution in [0.15, 0.2) is 36.4 Å². The van der Waals surface area contributed by atoms with Gasteiger partial charge < -0.3 is 9.64 Å². The lowest BCUT2D eigenvalue weighted by atomic mass is 10.1. The summed E-state index contributed by atoms with van der Waals surface area (Å²) < 4.78 is 44.2. The molecular weight excluding hydrogens is 347 g/mol. The molecule has 1 saturated heterocycles. The summed E-state index contributed by atoms with van der Waals surface area (Å²) in [6.07, 6.45) is -3.99. The fraction of sp³-hybridized carbons (Fsp3) is 0.389. The van der Waals surface area contributed by atoms with Gasteiger partial charge in [0.2, 0.25) is 0 Å². The van der Waals surface area contributed by atoms with Crippen molar-refractivity contribution >= 4 is 5.91 Å². The van der Waals surface area contributed by atoms with E-state index in [4.69, 9.17) is 4.74 Å². The van der Waals surface area contributed by atoms with Crippen LogP contribution in [0.5, 0.6) is 5.75 Å². The summed E-state index contributed by atoms with van der Waals surface area (Å²) in [5.74, 6) is 0.210. The second kappa shape index (κ2) is 7.31. The van der Waals surface area contributed by atoms with Gasteiger partial charge in [0.05, 0.1) is 0 Å². The zero-order valence-electron chi connectivity index (χ0n) is 14.2. The van der Waals surface area contributed by atoms with E-state index in [2.05, 4.69) is 9.97 Å². The van der Waals surface area contributed by atoms with Gasteiger partial charge in [0, 0.05) is 24.7 Å². The van der Waals surface area contributed by atoms with Gasteiger partial charge >= 0.3 is 6.18 Å². The predicted octanol–water partition coefficient (Wildman–Crippen LogP) is 3.20. The van der Waals surface area contributed by atoms with E-state index in [0.717, 1.165) is 6.07 Å². The molecular formula is C18H18F3N3O2. The second-order valence-electron chi connectivity index (χ2n) is 6.18. The smallest absolute Gasteiger partial charge is 0.433 e. The molecule has 1 aliphatic rings. The molecule has 0 radical (unpaired) electrons. The van der Waals surface area contributed by atoms with Crippen molar-refractivity contribution in [1.29, 1.82) is 0 Å². The van der Waals surface area contributed by atoms with Gasteiger partial charge in [-0.3, -0.25) is 4.79 Å². The van der Waals surface area contributed by atoms with Crippen molar-refractivity contribution in [3.63, 3.8) is 0 Å². The average molecular weight is 365 g/mol. The molecule has 3 rings (SSSR count). The highest BCUT2D eigenvalue weighted by atomic mass is 19.4. The third-order valence-electron chi connectivity index (χ3n) is 4.17. The molecule has 1 unspecified atom stereocenters. The number of ether oxygens (including phenoxy) is 1. The topological polar surface area (TPSA) is 55.3 Å². The van der Waals surface area contributed by atoms with Crippen LogP contribution < -0.4 is 4.74 Å². The fourth-order valence-corrected chi connectivity index (χ4v) is 2.87. The Morgan fingerprint density at radius 2 is 2.00 bits per heavy atom. The first-order valence-electron chi connectivity index (χ1n) is 8.21. The molecule has 8 heteroatoms. The number of alkyl halides is 3. The summed E-state index contributed by atoms with van der Waals surface area (Å²) in [5, 5.41) is 0. The second-order valence-corrected chi connectivity index (χ2v) is 6.18. The number of carbonyl (C=O) groups excluding carboxylic acids is 1. The van der Waals surface area contributed by atoms with Crippen LogP contribution in [-0.2, 0) is 11.0 Å². The molecule has 138 valence electrons. The Hall–Kier alpha value is -2.64. The number of halogens is 3. The van der Waals surface area contributed by atoms with Crippen molar-refractivity contribution in [1.82, 2.24) is 14.9 Å². The monoisotopic (exact) mass is 365 g/mol. The number of nitrogens with zero attached hydrogens (tertiary/aromatic N) is 3. The summed E-state index contributed by atoms with van der Waals surface area (Å²) in [4.78, 5) is 21.6. The normalized spacial score (nSPS) is 17.4. The molecule has 0 aliphatic carbocycles. The van der Waals surface area contributed by atoms with E-state index in [0.29, 0.717) is 18.7 Å². The Bertz CT molecular complexity index is 781. The van der Waals surface area contributed by atoms with Gasteiger partial charge in [0.25, 0.3) is 5.91 Å². The molecule has 1 aliphatic heterocycles. The van der Waals surface area contributed by atoms with Crippen molar-refractivity contribution in [2.45, 2.75) is 25.4 Å². The summed E-state index contributed by atoms with van der Waals surface area (Å²) in [5.41, 5.74) is -0.684. The molecule has 0 spiro atoms. The number of likely N-dealkylation sites (tertiary alicyclic amines) is 1. The number of carbonyl (C=O) groups is 1. The lowest BCUT2D eigenvalue weighted by molar-refractivity contribution is -0.141. The summed E-state index contributed by atoms with van der Waals surface area (Å²) in [6, 6.07) is 9.88. The van der Waals surface area contributed by atoms with Crippen LogP contribution in [-0.4, -0.2) is 40.5 Å². The van der Waals surface area contributed by atoms with E-state index >= 15 is 0 Å². The molecule has 0 saturated carbocycles. The molecule has 1 aromatic heterocycles. The van der Waals surface area contributed by atoms with Crippen LogP contribution in [0.4, 0.5) is 13.2 Å². The van der Waals surface area contributed by atoms with Gasteiger partial charge in [-0.15, -0.1) is 0 Å². The van der Waals surface area contributed by atoms with Gasteiger partial charge in [-0.25, -0.2) is 9.97 Å². The third-order valence-corrected chi connectivity index (χ3v) is 4.17. The van der Waals surface area contributed by atoms with Crippen molar-refractivity contribution in [2.24, 2.45) is 0 Å². The van der Waals surface area contributed by atoms with Gasteiger partial charge in [-0.05, 0) is 31.5 Å². The zero-order valence-corrected chi connectivity index (χ0v) is 14.2. The van der Waals surface area contributed by atoms with Crippen LogP contribution in [0.1, 0.15) is 29.6 Å². The molecule has 0 N–H and O–H groups in total. The van der Waals surface area contributed by atoms with E-state index < -0.39 is 11.9 Å². The highest BCUT2D eigenvalue weighted by Crippen LogP contribution is 2.31. The molecule has 2 aromatic rings. The summed E-state index contributed by atoms with van der Waals surface area (Å²) in [7, 11) is 0. The first kappa shape index (κ1) is 18.2. The largest absolute Gasteiger partial charge is 0.484 e. The SMILES string of the molecule is Cc1cc(C(F)(F)F)nc(C2CCN(C(=O)COc3ccccc3)C2)n1. The third kappa shape index (κ3) is 4.30. The minimum Gasteiger partial charge on any atom is -0.484 e. The maximum absolute atomic E-state index is 12.9. The number of hydrogen-bond acceptors (Lipinski definition) is 4. The highest BCUT2D eigenvalue weighted by Gasteiger charge is 2.35. The molecule has 0 bridgehead atoms. The molecule has 1 atom stereocenters. The van der Waals surface area contributed by atoms with Crippen molar-refractivity contribution in [2.75, 3.05) is 19.7 Å². The number of aromatic nitrogens is 2. The van der Waals surface area contributed by atoms with Gasteiger partial charge in [-0.2, -0.15) is 13.2 Å². The number of rotatable bonds is 4. The number of amides is 1. The Kier molecular flexibility index (Phi) is 5.11. The molecule has 26 heavy (non-hydrogen) atoms.